The van der Waals surface area contributed by atoms with E-state index in [-0.39, 0.29) is 0 Å². The van der Waals surface area contributed by atoms with Crippen molar-refractivity contribution in [1.82, 2.24) is 0 Å². The Labute approximate surface area is 124 Å². The van der Waals surface area contributed by atoms with E-state index in [2.05, 4.69) is 21.2 Å². The molecule has 1 atom stereocenters. The fourth-order valence-electron chi connectivity index (χ4n) is 1.73. The smallest absolute Gasteiger partial charge is 0.246 e. The van der Waals surface area contributed by atoms with Crippen LogP contribution in [0.15, 0.2) is 53.0 Å². The van der Waals surface area contributed by atoms with Crippen LogP contribution < -0.4 is 5.32 Å². The Kier molecular flexibility index (Phi) is 4.49. The lowest BCUT2D eigenvalue weighted by molar-refractivity contribution is -0.116. The molecule has 2 rings (SSSR count). The fourth-order valence-corrected chi connectivity index (χ4v) is 2.07. The monoisotopic (exact) mass is 332 g/mol. The maximum atomic E-state index is 13.2. The molecule has 0 aliphatic heterocycles. The topological polar surface area (TPSA) is 52.9 Å². The van der Waals surface area contributed by atoms with Gasteiger partial charge in [-0.2, -0.15) is 5.26 Å². The summed E-state index contributed by atoms with van der Waals surface area (Å²) in [5, 5.41) is 11.7. The molecule has 2 aromatic rings. The van der Waals surface area contributed by atoms with E-state index in [0.717, 1.165) is 0 Å². The van der Waals surface area contributed by atoms with Crippen molar-refractivity contribution < 1.29 is 9.18 Å². The number of amides is 1. The van der Waals surface area contributed by atoms with Gasteiger partial charge in [-0.25, -0.2) is 4.39 Å². The molecule has 20 heavy (non-hydrogen) atoms. The molecule has 100 valence electrons. The molecule has 0 heterocycles. The van der Waals surface area contributed by atoms with E-state index >= 15 is 0 Å². The van der Waals surface area contributed by atoms with E-state index in [9.17, 15) is 9.18 Å². The van der Waals surface area contributed by atoms with E-state index < -0.39 is 17.6 Å². The van der Waals surface area contributed by atoms with Gasteiger partial charge in [0.25, 0.3) is 0 Å². The van der Waals surface area contributed by atoms with Crippen LogP contribution in [0.3, 0.4) is 0 Å². The first-order valence-electron chi connectivity index (χ1n) is 5.82. The number of nitrogens with zero attached hydrogens (tertiary/aromatic N) is 1. The number of carbonyl (C=O) groups is 1. The second-order valence-electron chi connectivity index (χ2n) is 4.09. The minimum Gasteiger partial charge on any atom is -0.324 e. The van der Waals surface area contributed by atoms with Crippen LogP contribution in [0.25, 0.3) is 0 Å². The van der Waals surface area contributed by atoms with Crippen LogP contribution in [0, 0.1) is 17.1 Å². The zero-order chi connectivity index (χ0) is 14.5. The van der Waals surface area contributed by atoms with Crippen LogP contribution in [0.1, 0.15) is 11.5 Å². The molecule has 0 aliphatic carbocycles. The lowest BCUT2D eigenvalue weighted by atomic mass is 10.00. The minimum absolute atomic E-state index is 0.297. The van der Waals surface area contributed by atoms with Crippen LogP contribution in [-0.4, -0.2) is 5.91 Å². The van der Waals surface area contributed by atoms with E-state index in [1.165, 1.54) is 18.2 Å². The number of nitrogens with one attached hydrogen (secondary N) is 1. The lowest BCUT2D eigenvalue weighted by Gasteiger charge is -2.11. The summed E-state index contributed by atoms with van der Waals surface area (Å²) in [5.41, 5.74) is 0.895. The molecule has 3 nitrogen and oxygen atoms in total. The van der Waals surface area contributed by atoms with E-state index in [4.69, 9.17) is 5.26 Å². The summed E-state index contributed by atoms with van der Waals surface area (Å²) in [6, 6.07) is 14.6. The predicted octanol–water partition coefficient (Wildman–Crippen LogP) is 3.83. The molecule has 0 radical (unpaired) electrons. The highest BCUT2D eigenvalue weighted by Gasteiger charge is 2.20. The van der Waals surface area contributed by atoms with Crippen LogP contribution in [0.4, 0.5) is 10.1 Å². The van der Waals surface area contributed by atoms with Crippen LogP contribution in [0.5, 0.6) is 0 Å². The zero-order valence-electron chi connectivity index (χ0n) is 10.3. The number of carbonyl (C=O) groups excluding carboxylic acids is 1. The molecule has 0 saturated carbocycles. The van der Waals surface area contributed by atoms with E-state index in [1.807, 2.05) is 6.07 Å². The van der Waals surface area contributed by atoms with Crippen molar-refractivity contribution >= 4 is 27.5 Å². The quantitative estimate of drug-likeness (QED) is 0.928. The molecule has 0 saturated heterocycles. The number of hydrogen-bond acceptors (Lipinski definition) is 2. The van der Waals surface area contributed by atoms with Crippen molar-refractivity contribution in [2.24, 2.45) is 0 Å². The van der Waals surface area contributed by atoms with Gasteiger partial charge in [-0.3, -0.25) is 4.79 Å². The average molecular weight is 333 g/mol. The Bertz CT molecular complexity index is 667. The normalized spacial score (nSPS) is 11.4. The summed E-state index contributed by atoms with van der Waals surface area (Å²) < 4.78 is 13.7. The number of hydrogen-bond donors (Lipinski definition) is 1. The van der Waals surface area contributed by atoms with Crippen molar-refractivity contribution in [1.29, 1.82) is 5.26 Å². The fraction of sp³-hybridized carbons (Fsp3) is 0.0667. The molecule has 0 bridgehead atoms. The molecule has 0 aliphatic rings. The van der Waals surface area contributed by atoms with Gasteiger partial charge in [0.1, 0.15) is 5.82 Å². The van der Waals surface area contributed by atoms with Crippen molar-refractivity contribution in [3.63, 3.8) is 0 Å². The van der Waals surface area contributed by atoms with Gasteiger partial charge >= 0.3 is 0 Å². The van der Waals surface area contributed by atoms with Crippen LogP contribution in [-0.2, 0) is 4.79 Å². The maximum Gasteiger partial charge on any atom is 0.246 e. The second-order valence-corrected chi connectivity index (χ2v) is 4.94. The first-order chi connectivity index (χ1) is 9.61. The number of anilines is 1. The van der Waals surface area contributed by atoms with Gasteiger partial charge in [0.15, 0.2) is 5.92 Å². The molecular weight excluding hydrogens is 323 g/mol. The standard InChI is InChI=1S/C15H10BrFN2O/c16-13-7-6-11(17)8-14(13)19-15(20)12(9-18)10-4-2-1-3-5-10/h1-8,12H,(H,19,20). The molecule has 0 aromatic heterocycles. The number of rotatable bonds is 3. The van der Waals surface area contributed by atoms with E-state index in [0.29, 0.717) is 15.7 Å². The van der Waals surface area contributed by atoms with E-state index in [1.54, 1.807) is 30.3 Å². The van der Waals surface area contributed by atoms with Gasteiger partial charge < -0.3 is 5.32 Å². The molecule has 1 N–H and O–H groups in total. The molecular formula is C15H10BrFN2O. The zero-order valence-corrected chi connectivity index (χ0v) is 11.9. The molecule has 2 aromatic carbocycles. The van der Waals surface area contributed by atoms with Crippen molar-refractivity contribution in [2.75, 3.05) is 5.32 Å². The first kappa shape index (κ1) is 14.2. The Balaban J connectivity index is 2.23. The summed E-state index contributed by atoms with van der Waals surface area (Å²) >= 11 is 3.22. The van der Waals surface area contributed by atoms with Crippen molar-refractivity contribution in [2.45, 2.75) is 5.92 Å². The summed E-state index contributed by atoms with van der Waals surface area (Å²) in [7, 11) is 0. The van der Waals surface area contributed by atoms with Gasteiger partial charge in [-0.1, -0.05) is 30.3 Å². The minimum atomic E-state index is -0.939. The Morgan fingerprint density at radius 1 is 1.25 bits per heavy atom. The molecule has 0 fully saturated rings. The molecule has 1 unspecified atom stereocenters. The lowest BCUT2D eigenvalue weighted by Crippen LogP contribution is -2.20. The maximum absolute atomic E-state index is 13.2. The largest absolute Gasteiger partial charge is 0.324 e. The SMILES string of the molecule is N#CC(C(=O)Nc1cc(F)ccc1Br)c1ccccc1. The summed E-state index contributed by atoms with van der Waals surface area (Å²) in [6.45, 7) is 0. The third-order valence-corrected chi connectivity index (χ3v) is 3.40. The Morgan fingerprint density at radius 3 is 2.60 bits per heavy atom. The predicted molar refractivity (Wildman–Crippen MR) is 77.5 cm³/mol. The Hall–Kier alpha value is -2.19. The molecule has 1 amide bonds. The highest BCUT2D eigenvalue weighted by Crippen LogP contribution is 2.25. The van der Waals surface area contributed by atoms with Crippen molar-refractivity contribution in [3.05, 3.63) is 64.4 Å². The first-order valence-corrected chi connectivity index (χ1v) is 6.61. The van der Waals surface area contributed by atoms with Crippen molar-refractivity contribution in [3.8, 4) is 6.07 Å². The third-order valence-electron chi connectivity index (χ3n) is 2.71. The summed E-state index contributed by atoms with van der Waals surface area (Å²) in [5.74, 6) is -1.90. The second kappa shape index (κ2) is 6.31. The molecule has 0 spiro atoms. The van der Waals surface area contributed by atoms with Gasteiger partial charge in [0.2, 0.25) is 5.91 Å². The van der Waals surface area contributed by atoms with Gasteiger partial charge in [-0.05, 0) is 39.7 Å². The van der Waals surface area contributed by atoms with Crippen LogP contribution in [0.2, 0.25) is 0 Å². The Morgan fingerprint density at radius 2 is 1.95 bits per heavy atom. The number of halogens is 2. The van der Waals surface area contributed by atoms with Gasteiger partial charge in [-0.15, -0.1) is 0 Å². The number of nitriles is 1. The highest BCUT2D eigenvalue weighted by molar-refractivity contribution is 9.10. The summed E-state index contributed by atoms with van der Waals surface area (Å²) in [4.78, 5) is 12.1. The average Bonchev–Trinajstić information content (AvgIpc) is 2.45. The van der Waals surface area contributed by atoms with Crippen LogP contribution >= 0.6 is 15.9 Å². The summed E-state index contributed by atoms with van der Waals surface area (Å²) in [6.07, 6.45) is 0. The highest BCUT2D eigenvalue weighted by atomic mass is 79.9. The third kappa shape index (κ3) is 3.22. The van der Waals surface area contributed by atoms with Gasteiger partial charge in [0, 0.05) is 4.47 Å². The number of benzene rings is 2. The van der Waals surface area contributed by atoms with Gasteiger partial charge in [0.05, 0.1) is 11.8 Å². The molecule has 5 heteroatoms.